The van der Waals surface area contributed by atoms with Gasteiger partial charge in [0.05, 0.1) is 18.8 Å². The van der Waals surface area contributed by atoms with Crippen LogP contribution in [0.1, 0.15) is 24.0 Å². The molecular formula is C15H17F6NO3. The second kappa shape index (κ2) is 8.93. The summed E-state index contributed by atoms with van der Waals surface area (Å²) in [6, 6.07) is 2.26. The first-order chi connectivity index (χ1) is 11.7. The molecule has 0 aliphatic carbocycles. The lowest BCUT2D eigenvalue weighted by atomic mass is 10.1. The summed E-state index contributed by atoms with van der Waals surface area (Å²) in [5.74, 6) is -1.15. The number of aliphatic carboxylic acids is 1. The zero-order chi connectivity index (χ0) is 19.2. The smallest absolute Gasteiger partial charge is 0.416 e. The van der Waals surface area contributed by atoms with E-state index in [1.54, 1.807) is 0 Å². The molecule has 0 saturated carbocycles. The minimum absolute atomic E-state index is 0.0246. The zero-order valence-electron chi connectivity index (χ0n) is 13.2. The van der Waals surface area contributed by atoms with Gasteiger partial charge in [-0.2, -0.15) is 13.2 Å². The Kier molecular flexibility index (Phi) is 7.53. The van der Waals surface area contributed by atoms with E-state index in [9.17, 15) is 31.1 Å². The van der Waals surface area contributed by atoms with Crippen LogP contribution in [-0.2, 0) is 15.7 Å². The summed E-state index contributed by atoms with van der Waals surface area (Å²) in [5, 5.41) is 8.53. The van der Waals surface area contributed by atoms with Gasteiger partial charge in [-0.15, -0.1) is 0 Å². The number of carboxylic acid groups (broad SMARTS) is 1. The molecule has 1 aliphatic rings. The summed E-state index contributed by atoms with van der Waals surface area (Å²) in [7, 11) is 0.500. The third kappa shape index (κ3) is 6.11. The fourth-order valence-electron chi connectivity index (χ4n) is 2.39. The average Bonchev–Trinajstić information content (AvgIpc) is 3.02. The minimum atomic E-state index is -4.72. The third-order valence-electron chi connectivity index (χ3n) is 3.47. The molecule has 0 amide bonds. The van der Waals surface area contributed by atoms with Crippen LogP contribution in [0.2, 0.25) is 0 Å². The maximum absolute atomic E-state index is 12.8. The molecule has 0 spiro atoms. The van der Waals surface area contributed by atoms with E-state index in [-0.39, 0.29) is 12.2 Å². The number of anilines is 1. The number of benzene rings is 1. The summed E-state index contributed by atoms with van der Waals surface area (Å²) < 4.78 is 78.7. The van der Waals surface area contributed by atoms with Crippen LogP contribution < -0.4 is 4.90 Å². The number of alkyl halides is 6. The van der Waals surface area contributed by atoms with E-state index in [2.05, 4.69) is 0 Å². The van der Waals surface area contributed by atoms with E-state index in [4.69, 9.17) is 9.84 Å². The number of hydrogen-bond donors (Lipinski definition) is 1. The van der Waals surface area contributed by atoms with E-state index in [1.165, 1.54) is 4.90 Å². The number of carbonyl (C=O) groups is 1. The van der Waals surface area contributed by atoms with E-state index in [1.807, 2.05) is 0 Å². The Labute approximate surface area is 140 Å². The molecule has 142 valence electrons. The predicted octanol–water partition coefficient (Wildman–Crippen LogP) is 3.91. The van der Waals surface area contributed by atoms with Gasteiger partial charge >= 0.3 is 12.1 Å². The average molecular weight is 373 g/mol. The molecule has 10 heteroatoms. The van der Waals surface area contributed by atoms with Gasteiger partial charge in [0.2, 0.25) is 0 Å². The SMILES string of the molecule is CF.O=C(O)CO[C@H]1CCN(c2cc(C(F)F)cc(C(F)(F)F)c2)C1. The Bertz CT molecular complexity index is 579. The molecule has 2 rings (SSSR count). The van der Waals surface area contributed by atoms with Crippen LogP contribution in [0.5, 0.6) is 0 Å². The van der Waals surface area contributed by atoms with Gasteiger partial charge in [0.25, 0.3) is 6.43 Å². The van der Waals surface area contributed by atoms with Crippen LogP contribution in [0.15, 0.2) is 18.2 Å². The first-order valence-electron chi connectivity index (χ1n) is 7.13. The molecule has 25 heavy (non-hydrogen) atoms. The fraction of sp³-hybridized carbons (Fsp3) is 0.533. The predicted molar refractivity (Wildman–Crippen MR) is 77.6 cm³/mol. The minimum Gasteiger partial charge on any atom is -0.480 e. The quantitative estimate of drug-likeness (QED) is 0.796. The number of carboxylic acids is 1. The maximum Gasteiger partial charge on any atom is 0.416 e. The Morgan fingerprint density at radius 3 is 2.48 bits per heavy atom. The Hall–Kier alpha value is -1.97. The zero-order valence-corrected chi connectivity index (χ0v) is 13.2. The number of ether oxygens (including phenoxy) is 1. The summed E-state index contributed by atoms with van der Waals surface area (Å²) in [4.78, 5) is 11.9. The normalized spacial score (nSPS) is 17.4. The van der Waals surface area contributed by atoms with Crippen molar-refractivity contribution in [2.24, 2.45) is 0 Å². The van der Waals surface area contributed by atoms with Crippen molar-refractivity contribution in [1.29, 1.82) is 0 Å². The van der Waals surface area contributed by atoms with E-state index in [0.29, 0.717) is 26.2 Å². The molecule has 0 aromatic heterocycles. The van der Waals surface area contributed by atoms with Crippen molar-refractivity contribution in [3.63, 3.8) is 0 Å². The van der Waals surface area contributed by atoms with Crippen LogP contribution >= 0.6 is 0 Å². The summed E-state index contributed by atoms with van der Waals surface area (Å²) in [6.07, 6.45) is -7.79. The number of nitrogens with zero attached hydrogens (tertiary/aromatic N) is 1. The van der Waals surface area contributed by atoms with Crippen molar-refractivity contribution < 1.29 is 41.0 Å². The molecule has 1 heterocycles. The molecule has 1 N–H and O–H groups in total. The topological polar surface area (TPSA) is 49.8 Å². The lowest BCUT2D eigenvalue weighted by Gasteiger charge is -2.21. The number of hydrogen-bond acceptors (Lipinski definition) is 3. The Morgan fingerprint density at radius 1 is 1.32 bits per heavy atom. The van der Waals surface area contributed by atoms with Crippen molar-refractivity contribution in [1.82, 2.24) is 0 Å². The molecule has 1 atom stereocenters. The second-order valence-corrected chi connectivity index (χ2v) is 5.17. The van der Waals surface area contributed by atoms with Gasteiger partial charge in [-0.3, -0.25) is 4.39 Å². The highest BCUT2D eigenvalue weighted by Crippen LogP contribution is 2.36. The van der Waals surface area contributed by atoms with Crippen LogP contribution in [0.3, 0.4) is 0 Å². The largest absolute Gasteiger partial charge is 0.480 e. The molecule has 0 radical (unpaired) electrons. The standard InChI is InChI=1S/C14H14F5NO3.CH3F/c15-13(16)8-3-9(14(17,18)19)5-10(4-8)20-2-1-11(6-20)23-7-12(21)22;1-2/h3-5,11,13H,1-2,6-7H2,(H,21,22);1H3/t11-;/m0./s1. The van der Waals surface area contributed by atoms with Gasteiger partial charge in [-0.05, 0) is 24.6 Å². The van der Waals surface area contributed by atoms with Gasteiger partial charge in [0.15, 0.2) is 0 Å². The van der Waals surface area contributed by atoms with Crippen LogP contribution in [-0.4, -0.2) is 44.1 Å². The summed E-state index contributed by atoms with van der Waals surface area (Å²) in [5.41, 5.74) is -1.82. The van der Waals surface area contributed by atoms with Crippen molar-refractivity contribution in [2.45, 2.75) is 25.1 Å². The monoisotopic (exact) mass is 373 g/mol. The third-order valence-corrected chi connectivity index (χ3v) is 3.47. The first-order valence-corrected chi connectivity index (χ1v) is 7.13. The second-order valence-electron chi connectivity index (χ2n) is 5.17. The molecule has 0 bridgehead atoms. The Balaban J connectivity index is 0.00000151. The van der Waals surface area contributed by atoms with Crippen molar-refractivity contribution in [3.8, 4) is 0 Å². The lowest BCUT2D eigenvalue weighted by molar-refractivity contribution is -0.144. The van der Waals surface area contributed by atoms with Gasteiger partial charge in [-0.1, -0.05) is 0 Å². The van der Waals surface area contributed by atoms with Gasteiger partial charge in [-0.25, -0.2) is 13.6 Å². The summed E-state index contributed by atoms with van der Waals surface area (Å²) in [6.45, 7) is -0.0606. The van der Waals surface area contributed by atoms with Crippen molar-refractivity contribution in [3.05, 3.63) is 29.3 Å². The van der Waals surface area contributed by atoms with E-state index >= 15 is 0 Å². The van der Waals surface area contributed by atoms with E-state index in [0.717, 1.165) is 12.1 Å². The van der Waals surface area contributed by atoms with Gasteiger partial charge in [0.1, 0.15) is 6.61 Å². The molecule has 1 aromatic carbocycles. The molecule has 4 nitrogen and oxygen atoms in total. The number of rotatable bonds is 5. The van der Waals surface area contributed by atoms with Crippen LogP contribution in [0, 0.1) is 0 Å². The first kappa shape index (κ1) is 21.1. The molecule has 1 fully saturated rings. The Morgan fingerprint density at radius 2 is 1.96 bits per heavy atom. The molecule has 0 unspecified atom stereocenters. The highest BCUT2D eigenvalue weighted by atomic mass is 19.4. The van der Waals surface area contributed by atoms with Gasteiger partial charge in [0, 0.05) is 24.3 Å². The number of halogens is 6. The van der Waals surface area contributed by atoms with Crippen molar-refractivity contribution in [2.75, 3.05) is 31.8 Å². The van der Waals surface area contributed by atoms with Crippen LogP contribution in [0.25, 0.3) is 0 Å². The molecule has 1 aliphatic heterocycles. The fourth-order valence-corrected chi connectivity index (χ4v) is 2.39. The lowest BCUT2D eigenvalue weighted by Crippen LogP contribution is -2.25. The molecule has 1 saturated heterocycles. The van der Waals surface area contributed by atoms with Gasteiger partial charge < -0.3 is 14.7 Å². The maximum atomic E-state index is 12.8. The highest BCUT2D eigenvalue weighted by molar-refractivity contribution is 5.68. The highest BCUT2D eigenvalue weighted by Gasteiger charge is 2.33. The molecule has 1 aromatic rings. The van der Waals surface area contributed by atoms with E-state index < -0.39 is 42.4 Å². The molecular weight excluding hydrogens is 356 g/mol. The summed E-state index contributed by atoms with van der Waals surface area (Å²) >= 11 is 0. The van der Waals surface area contributed by atoms with Crippen molar-refractivity contribution >= 4 is 11.7 Å². The van der Waals surface area contributed by atoms with Crippen LogP contribution in [0.4, 0.5) is 32.0 Å².